The third-order valence-electron chi connectivity index (χ3n) is 5.11. The van der Waals surface area contributed by atoms with Crippen molar-refractivity contribution in [1.29, 1.82) is 0 Å². The van der Waals surface area contributed by atoms with Gasteiger partial charge in [0.15, 0.2) is 5.76 Å². The van der Waals surface area contributed by atoms with E-state index in [2.05, 4.69) is 24.1 Å². The van der Waals surface area contributed by atoms with E-state index in [0.717, 1.165) is 38.0 Å². The smallest absolute Gasteiger partial charge is 0.289 e. The van der Waals surface area contributed by atoms with E-state index in [4.69, 9.17) is 23.2 Å². The summed E-state index contributed by atoms with van der Waals surface area (Å²) < 4.78 is 0. The third kappa shape index (κ3) is 6.63. The highest BCUT2D eigenvalue weighted by molar-refractivity contribution is 6.42. The van der Waals surface area contributed by atoms with Crippen LogP contribution in [0.25, 0.3) is 0 Å². The van der Waals surface area contributed by atoms with E-state index in [1.807, 2.05) is 12.1 Å². The summed E-state index contributed by atoms with van der Waals surface area (Å²) in [6.45, 7) is 8.12. The maximum Gasteiger partial charge on any atom is 0.289 e. The molecular formula is C21H29Cl2N3O3. The standard InChI is InChI=1S/C21H29Cl2N3O3/c1-3-25(4-2)11-6-12-26-14-16(19(27)21(26)29)20(28)24-10-5-7-15-8-9-17(22)18(23)13-15/h8-9,13,27H,3-7,10-12,14H2,1-2H3,(H,24,28). The van der Waals surface area contributed by atoms with Crippen LogP contribution in [0.5, 0.6) is 0 Å². The SMILES string of the molecule is CCN(CC)CCCN1CC(C(=O)NCCCc2ccc(Cl)c(Cl)c2)=C(O)C1=O. The van der Waals surface area contributed by atoms with Crippen LogP contribution in [-0.4, -0.2) is 66.0 Å². The largest absolute Gasteiger partial charge is 0.503 e. The molecule has 0 atom stereocenters. The number of hydrogen-bond acceptors (Lipinski definition) is 4. The summed E-state index contributed by atoms with van der Waals surface area (Å²) in [6, 6.07) is 5.46. The van der Waals surface area contributed by atoms with E-state index in [-0.39, 0.29) is 12.1 Å². The summed E-state index contributed by atoms with van der Waals surface area (Å²) >= 11 is 11.9. The van der Waals surface area contributed by atoms with Crippen molar-refractivity contribution in [2.75, 3.05) is 39.3 Å². The first-order valence-electron chi connectivity index (χ1n) is 10.0. The Labute approximate surface area is 182 Å². The molecule has 6 nitrogen and oxygen atoms in total. The summed E-state index contributed by atoms with van der Waals surface area (Å²) in [4.78, 5) is 28.4. The van der Waals surface area contributed by atoms with Crippen molar-refractivity contribution in [1.82, 2.24) is 15.1 Å². The molecule has 29 heavy (non-hydrogen) atoms. The highest BCUT2D eigenvalue weighted by Gasteiger charge is 2.33. The van der Waals surface area contributed by atoms with Crippen LogP contribution < -0.4 is 5.32 Å². The number of rotatable bonds is 11. The highest BCUT2D eigenvalue weighted by Crippen LogP contribution is 2.23. The number of amides is 2. The first-order valence-corrected chi connectivity index (χ1v) is 10.8. The monoisotopic (exact) mass is 441 g/mol. The Balaban J connectivity index is 1.76. The molecule has 1 heterocycles. The van der Waals surface area contributed by atoms with Crippen LogP contribution >= 0.6 is 23.2 Å². The van der Waals surface area contributed by atoms with Crippen LogP contribution in [0.2, 0.25) is 10.0 Å². The van der Waals surface area contributed by atoms with Crippen molar-refractivity contribution in [3.05, 3.63) is 45.1 Å². The number of carbonyl (C=O) groups excluding carboxylic acids is 2. The van der Waals surface area contributed by atoms with Gasteiger partial charge < -0.3 is 20.2 Å². The lowest BCUT2D eigenvalue weighted by molar-refractivity contribution is -0.127. The maximum atomic E-state index is 12.4. The number of benzene rings is 1. The van der Waals surface area contributed by atoms with E-state index in [9.17, 15) is 14.7 Å². The zero-order valence-electron chi connectivity index (χ0n) is 17.0. The molecular weight excluding hydrogens is 413 g/mol. The van der Waals surface area contributed by atoms with E-state index in [0.29, 0.717) is 29.6 Å². The number of halogens is 2. The highest BCUT2D eigenvalue weighted by atomic mass is 35.5. The Morgan fingerprint density at radius 1 is 1.21 bits per heavy atom. The van der Waals surface area contributed by atoms with E-state index in [1.165, 1.54) is 4.90 Å². The lowest BCUT2D eigenvalue weighted by atomic mass is 10.1. The second kappa shape index (κ2) is 11.4. The van der Waals surface area contributed by atoms with Crippen LogP contribution in [0.1, 0.15) is 32.3 Å². The topological polar surface area (TPSA) is 72.9 Å². The molecule has 1 aromatic carbocycles. The van der Waals surface area contributed by atoms with Crippen molar-refractivity contribution < 1.29 is 14.7 Å². The maximum absolute atomic E-state index is 12.4. The average Bonchev–Trinajstić information content (AvgIpc) is 2.99. The molecule has 0 bridgehead atoms. The van der Waals surface area contributed by atoms with Gasteiger partial charge in [-0.05, 0) is 56.6 Å². The van der Waals surface area contributed by atoms with E-state index in [1.54, 1.807) is 6.07 Å². The Bertz CT molecular complexity index is 764. The number of hydrogen-bond donors (Lipinski definition) is 2. The van der Waals surface area contributed by atoms with Crippen molar-refractivity contribution in [3.63, 3.8) is 0 Å². The van der Waals surface area contributed by atoms with Crippen LogP contribution in [-0.2, 0) is 16.0 Å². The lowest BCUT2D eigenvalue weighted by Crippen LogP contribution is -2.33. The molecule has 0 radical (unpaired) electrons. The second-order valence-corrected chi connectivity index (χ2v) is 7.86. The average molecular weight is 442 g/mol. The van der Waals surface area contributed by atoms with Gasteiger partial charge in [0.1, 0.15) is 0 Å². The number of nitrogens with zero attached hydrogens (tertiary/aromatic N) is 2. The van der Waals surface area contributed by atoms with Crippen molar-refractivity contribution >= 4 is 35.0 Å². The molecule has 160 valence electrons. The van der Waals surface area contributed by atoms with Gasteiger partial charge in [0.25, 0.3) is 11.8 Å². The molecule has 0 saturated heterocycles. The minimum Gasteiger partial charge on any atom is -0.503 e. The fourth-order valence-electron chi connectivity index (χ4n) is 3.30. The van der Waals surface area contributed by atoms with Gasteiger partial charge in [0.2, 0.25) is 0 Å². The first-order chi connectivity index (χ1) is 13.9. The normalized spacial score (nSPS) is 14.2. The molecule has 0 spiro atoms. The number of nitrogens with one attached hydrogen (secondary N) is 1. The third-order valence-corrected chi connectivity index (χ3v) is 5.85. The number of aliphatic hydroxyl groups excluding tert-OH is 1. The molecule has 1 aromatic rings. The van der Waals surface area contributed by atoms with Gasteiger partial charge in [0.05, 0.1) is 22.2 Å². The van der Waals surface area contributed by atoms with Gasteiger partial charge in [-0.3, -0.25) is 9.59 Å². The zero-order chi connectivity index (χ0) is 21.4. The molecule has 0 aliphatic carbocycles. The lowest BCUT2D eigenvalue weighted by Gasteiger charge is -2.21. The van der Waals surface area contributed by atoms with Crippen molar-refractivity contribution in [3.8, 4) is 0 Å². The van der Waals surface area contributed by atoms with Crippen LogP contribution in [0.15, 0.2) is 29.5 Å². The molecule has 0 aromatic heterocycles. The summed E-state index contributed by atoms with van der Waals surface area (Å²) in [5.41, 5.74) is 1.18. The quantitative estimate of drug-likeness (QED) is 0.515. The fourth-order valence-corrected chi connectivity index (χ4v) is 3.62. The van der Waals surface area contributed by atoms with Gasteiger partial charge in [-0.15, -0.1) is 0 Å². The van der Waals surface area contributed by atoms with Crippen LogP contribution in [0.3, 0.4) is 0 Å². The Hall–Kier alpha value is -1.76. The number of aliphatic hydroxyl groups is 1. The molecule has 0 saturated carbocycles. The first kappa shape index (κ1) is 23.5. The summed E-state index contributed by atoms with van der Waals surface area (Å²) in [7, 11) is 0. The van der Waals surface area contributed by atoms with Crippen molar-refractivity contribution in [2.24, 2.45) is 0 Å². The summed E-state index contributed by atoms with van der Waals surface area (Å²) in [5.74, 6) is -1.29. The molecule has 1 aliphatic rings. The predicted molar refractivity (Wildman–Crippen MR) is 116 cm³/mol. The Morgan fingerprint density at radius 2 is 1.93 bits per heavy atom. The van der Waals surface area contributed by atoms with Crippen molar-refractivity contribution in [2.45, 2.75) is 33.1 Å². The number of carbonyl (C=O) groups is 2. The van der Waals surface area contributed by atoms with Crippen LogP contribution in [0, 0.1) is 0 Å². The fraction of sp³-hybridized carbons (Fsp3) is 0.524. The number of aryl methyl sites for hydroxylation is 1. The van der Waals surface area contributed by atoms with Gasteiger partial charge in [-0.1, -0.05) is 43.1 Å². The molecule has 0 unspecified atom stereocenters. The summed E-state index contributed by atoms with van der Waals surface area (Å²) in [6.07, 6.45) is 2.25. The van der Waals surface area contributed by atoms with Gasteiger partial charge >= 0.3 is 0 Å². The Morgan fingerprint density at radius 3 is 2.59 bits per heavy atom. The van der Waals surface area contributed by atoms with Gasteiger partial charge in [-0.25, -0.2) is 0 Å². The second-order valence-electron chi connectivity index (χ2n) is 7.04. The molecule has 2 amide bonds. The molecule has 1 aliphatic heterocycles. The van der Waals surface area contributed by atoms with Crippen LogP contribution in [0.4, 0.5) is 0 Å². The minimum atomic E-state index is -0.467. The Kier molecular flexibility index (Phi) is 9.27. The minimum absolute atomic E-state index is 0.146. The van der Waals surface area contributed by atoms with Gasteiger partial charge in [-0.2, -0.15) is 0 Å². The zero-order valence-corrected chi connectivity index (χ0v) is 18.5. The molecule has 0 fully saturated rings. The summed E-state index contributed by atoms with van der Waals surface area (Å²) in [5, 5.41) is 13.9. The molecule has 2 N–H and O–H groups in total. The van der Waals surface area contributed by atoms with E-state index >= 15 is 0 Å². The molecule has 2 rings (SSSR count). The van der Waals surface area contributed by atoms with Gasteiger partial charge in [0, 0.05) is 13.1 Å². The predicted octanol–water partition coefficient (Wildman–Crippen LogP) is 3.43. The van der Waals surface area contributed by atoms with E-state index < -0.39 is 17.6 Å². The molecule has 8 heteroatoms.